The lowest BCUT2D eigenvalue weighted by atomic mass is 9.86. The van der Waals surface area contributed by atoms with E-state index < -0.39 is 5.79 Å². The van der Waals surface area contributed by atoms with Crippen molar-refractivity contribution in [2.45, 2.75) is 50.4 Å². The van der Waals surface area contributed by atoms with Gasteiger partial charge in [-0.1, -0.05) is 12.8 Å². The van der Waals surface area contributed by atoms with Crippen LogP contribution in [0.1, 0.15) is 38.5 Å². The molecule has 0 aromatic carbocycles. The van der Waals surface area contributed by atoms with E-state index in [4.69, 9.17) is 9.47 Å². The zero-order chi connectivity index (χ0) is 10.3. The van der Waals surface area contributed by atoms with Crippen LogP contribution in [0.5, 0.6) is 0 Å². The van der Waals surface area contributed by atoms with Gasteiger partial charge in [0, 0.05) is 12.3 Å². The van der Waals surface area contributed by atoms with Gasteiger partial charge in [-0.3, -0.25) is 0 Å². The van der Waals surface area contributed by atoms with E-state index in [2.05, 4.69) is 0 Å². The summed E-state index contributed by atoms with van der Waals surface area (Å²) in [5, 5.41) is 10.2. The summed E-state index contributed by atoms with van der Waals surface area (Å²) >= 11 is 0. The van der Waals surface area contributed by atoms with Crippen LogP contribution in [0.25, 0.3) is 0 Å². The Hall–Kier alpha value is -0.120. The van der Waals surface area contributed by atoms with E-state index in [1.807, 2.05) is 0 Å². The van der Waals surface area contributed by atoms with Gasteiger partial charge in [0.25, 0.3) is 0 Å². The van der Waals surface area contributed by atoms with Gasteiger partial charge in [0.15, 0.2) is 5.79 Å². The first kappa shape index (κ1) is 10.1. The molecule has 3 rings (SSSR count). The highest BCUT2D eigenvalue weighted by atomic mass is 16.7. The van der Waals surface area contributed by atoms with Crippen molar-refractivity contribution in [1.29, 1.82) is 0 Å². The molecule has 1 aliphatic heterocycles. The number of aliphatic hydroxyl groups excluding tert-OH is 1. The topological polar surface area (TPSA) is 38.7 Å². The smallest absolute Gasteiger partial charge is 0.174 e. The summed E-state index contributed by atoms with van der Waals surface area (Å²) in [6.45, 7) is 1.41. The molecule has 3 aliphatic rings. The van der Waals surface area contributed by atoms with Gasteiger partial charge >= 0.3 is 0 Å². The summed E-state index contributed by atoms with van der Waals surface area (Å²) in [6, 6.07) is 0. The molecule has 1 N–H and O–H groups in total. The molecule has 0 aromatic heterocycles. The summed E-state index contributed by atoms with van der Waals surface area (Å²) in [5.41, 5.74) is 0. The van der Waals surface area contributed by atoms with E-state index in [0.29, 0.717) is 19.1 Å². The predicted octanol–water partition coefficient (Wildman–Crippen LogP) is 1.69. The minimum Gasteiger partial charge on any atom is -0.393 e. The zero-order valence-corrected chi connectivity index (χ0v) is 9.15. The van der Waals surface area contributed by atoms with E-state index in [1.165, 1.54) is 19.3 Å². The maximum atomic E-state index is 10.2. The van der Waals surface area contributed by atoms with Crippen LogP contribution in [-0.4, -0.2) is 30.2 Å². The average molecular weight is 212 g/mol. The summed E-state index contributed by atoms with van der Waals surface area (Å²) in [4.78, 5) is 0. The van der Waals surface area contributed by atoms with E-state index in [9.17, 15) is 5.11 Å². The van der Waals surface area contributed by atoms with Crippen LogP contribution in [0.2, 0.25) is 0 Å². The van der Waals surface area contributed by atoms with E-state index in [0.717, 1.165) is 19.3 Å². The number of hydrogen-bond acceptors (Lipinski definition) is 3. The molecule has 1 heterocycles. The fourth-order valence-electron chi connectivity index (χ4n) is 3.77. The Kier molecular flexibility index (Phi) is 2.49. The molecule has 1 saturated heterocycles. The number of fused-ring (bicyclic) bond motifs is 2. The lowest BCUT2D eigenvalue weighted by Gasteiger charge is -2.34. The van der Waals surface area contributed by atoms with Crippen LogP contribution in [0.15, 0.2) is 0 Å². The van der Waals surface area contributed by atoms with Crippen molar-refractivity contribution >= 4 is 0 Å². The number of rotatable bonds is 0. The van der Waals surface area contributed by atoms with Crippen molar-refractivity contribution in [2.75, 3.05) is 13.2 Å². The second-order valence-corrected chi connectivity index (χ2v) is 5.19. The van der Waals surface area contributed by atoms with Gasteiger partial charge < -0.3 is 14.6 Å². The summed E-state index contributed by atoms with van der Waals surface area (Å²) in [5.74, 6) is 0.456. The van der Waals surface area contributed by atoms with Crippen molar-refractivity contribution in [3.8, 4) is 0 Å². The largest absolute Gasteiger partial charge is 0.393 e. The molecule has 3 atom stereocenters. The number of ether oxygens (including phenoxy) is 2. The molecule has 3 nitrogen and oxygen atoms in total. The fraction of sp³-hybridized carbons (Fsp3) is 1.00. The van der Waals surface area contributed by atoms with Gasteiger partial charge in [-0.2, -0.15) is 0 Å². The van der Waals surface area contributed by atoms with Crippen molar-refractivity contribution < 1.29 is 14.6 Å². The van der Waals surface area contributed by atoms with E-state index >= 15 is 0 Å². The minimum atomic E-state index is -0.408. The third kappa shape index (κ3) is 1.52. The minimum absolute atomic E-state index is 0.210. The standard InChI is InChI=1S/C12H20O3/c13-10-4-2-1-3-9-5-6-12(11(9)10)14-7-8-15-12/h9-11,13H,1-8H2/t9-,10+,11+/m0/s1. The molecule has 3 fully saturated rings. The SMILES string of the molecule is O[C@@H]1CCCC[C@H]2CCC3(OCCO3)[C@H]21. The maximum absolute atomic E-state index is 10.2. The number of hydrogen-bond donors (Lipinski definition) is 1. The first-order valence-corrected chi connectivity index (χ1v) is 6.28. The molecule has 0 amide bonds. The molecule has 1 spiro atoms. The molecule has 3 heteroatoms. The van der Waals surface area contributed by atoms with Crippen molar-refractivity contribution in [1.82, 2.24) is 0 Å². The first-order valence-electron chi connectivity index (χ1n) is 6.28. The van der Waals surface area contributed by atoms with Crippen molar-refractivity contribution in [2.24, 2.45) is 11.8 Å². The maximum Gasteiger partial charge on any atom is 0.174 e. The molecule has 2 saturated carbocycles. The van der Waals surface area contributed by atoms with Crippen LogP contribution in [-0.2, 0) is 9.47 Å². The Labute approximate surface area is 90.8 Å². The number of aliphatic hydroxyl groups is 1. The molecular formula is C12H20O3. The Morgan fingerprint density at radius 1 is 1.00 bits per heavy atom. The fourth-order valence-corrected chi connectivity index (χ4v) is 3.77. The molecular weight excluding hydrogens is 192 g/mol. The lowest BCUT2D eigenvalue weighted by molar-refractivity contribution is -0.207. The van der Waals surface area contributed by atoms with Crippen molar-refractivity contribution in [3.63, 3.8) is 0 Å². The van der Waals surface area contributed by atoms with Crippen LogP contribution >= 0.6 is 0 Å². The highest BCUT2D eigenvalue weighted by Gasteiger charge is 2.55. The normalized spacial score (nSPS) is 44.2. The van der Waals surface area contributed by atoms with Gasteiger partial charge in [-0.25, -0.2) is 0 Å². The average Bonchev–Trinajstić information content (AvgIpc) is 2.78. The lowest BCUT2D eigenvalue weighted by Crippen LogP contribution is -2.43. The van der Waals surface area contributed by atoms with Gasteiger partial charge in [0.1, 0.15) is 0 Å². The summed E-state index contributed by atoms with van der Waals surface area (Å²) in [7, 11) is 0. The Morgan fingerprint density at radius 3 is 2.53 bits per heavy atom. The Morgan fingerprint density at radius 2 is 1.73 bits per heavy atom. The predicted molar refractivity (Wildman–Crippen MR) is 55.3 cm³/mol. The Bertz CT molecular complexity index is 235. The third-order valence-corrected chi connectivity index (χ3v) is 4.39. The molecule has 0 radical (unpaired) electrons. The monoisotopic (exact) mass is 212 g/mol. The summed E-state index contributed by atoms with van der Waals surface area (Å²) in [6.07, 6.45) is 6.53. The zero-order valence-electron chi connectivity index (χ0n) is 9.15. The molecule has 0 aromatic rings. The second-order valence-electron chi connectivity index (χ2n) is 5.19. The molecule has 0 bridgehead atoms. The molecule has 15 heavy (non-hydrogen) atoms. The molecule has 0 unspecified atom stereocenters. The van der Waals surface area contributed by atoms with Crippen LogP contribution in [0, 0.1) is 11.8 Å². The van der Waals surface area contributed by atoms with Crippen LogP contribution in [0.3, 0.4) is 0 Å². The van der Waals surface area contributed by atoms with Crippen molar-refractivity contribution in [3.05, 3.63) is 0 Å². The van der Waals surface area contributed by atoms with Gasteiger partial charge in [0.05, 0.1) is 19.3 Å². The van der Waals surface area contributed by atoms with E-state index in [1.54, 1.807) is 0 Å². The van der Waals surface area contributed by atoms with Gasteiger partial charge in [-0.15, -0.1) is 0 Å². The second kappa shape index (κ2) is 3.72. The molecule has 86 valence electrons. The highest BCUT2D eigenvalue weighted by Crippen LogP contribution is 2.51. The van der Waals surface area contributed by atoms with Crippen LogP contribution < -0.4 is 0 Å². The Balaban J connectivity index is 1.86. The van der Waals surface area contributed by atoms with Gasteiger partial charge in [-0.05, 0) is 25.2 Å². The highest BCUT2D eigenvalue weighted by molar-refractivity contribution is 4.98. The molecule has 2 aliphatic carbocycles. The first-order chi connectivity index (χ1) is 7.32. The quantitative estimate of drug-likeness (QED) is 0.664. The summed E-state index contributed by atoms with van der Waals surface area (Å²) < 4.78 is 11.6. The van der Waals surface area contributed by atoms with Gasteiger partial charge in [0.2, 0.25) is 0 Å². The van der Waals surface area contributed by atoms with Crippen LogP contribution in [0.4, 0.5) is 0 Å². The third-order valence-electron chi connectivity index (χ3n) is 4.39. The van der Waals surface area contributed by atoms with E-state index in [-0.39, 0.29) is 12.0 Å².